The summed E-state index contributed by atoms with van der Waals surface area (Å²) < 4.78 is 6.52. The van der Waals surface area contributed by atoms with Crippen molar-refractivity contribution in [1.82, 2.24) is 9.55 Å². The second-order valence-corrected chi connectivity index (χ2v) is 5.18. The van der Waals surface area contributed by atoms with Gasteiger partial charge in [0.2, 0.25) is 0 Å². The molecule has 1 unspecified atom stereocenters. The third-order valence-electron chi connectivity index (χ3n) is 2.98. The Hall–Kier alpha value is -1.82. The average molecular weight is 279 g/mol. The van der Waals surface area contributed by atoms with Gasteiger partial charge in [-0.25, -0.2) is 9.78 Å². The quantitative estimate of drug-likeness (QED) is 0.854. The van der Waals surface area contributed by atoms with Crippen LogP contribution in [0.5, 0.6) is 0 Å². The summed E-state index contributed by atoms with van der Waals surface area (Å²) in [4.78, 5) is 16.8. The first-order chi connectivity index (χ1) is 9.19. The molecule has 0 aliphatic carbocycles. The molecule has 5 nitrogen and oxygen atoms in total. The molecule has 0 saturated carbocycles. The highest BCUT2D eigenvalue weighted by molar-refractivity contribution is 7.10. The van der Waals surface area contributed by atoms with Crippen LogP contribution in [0.2, 0.25) is 0 Å². The number of nitrogen functional groups attached to an aromatic ring is 1. The number of nitrogens with zero attached hydrogens (tertiary/aromatic N) is 2. The Morgan fingerprint density at radius 1 is 1.63 bits per heavy atom. The van der Waals surface area contributed by atoms with Gasteiger partial charge in [0.1, 0.15) is 5.82 Å². The summed E-state index contributed by atoms with van der Waals surface area (Å²) in [6.45, 7) is 2.12. The van der Waals surface area contributed by atoms with Gasteiger partial charge in [-0.2, -0.15) is 0 Å². The van der Waals surface area contributed by atoms with Gasteiger partial charge < -0.3 is 15.0 Å². The van der Waals surface area contributed by atoms with Gasteiger partial charge in [0.25, 0.3) is 0 Å². The average Bonchev–Trinajstić information content (AvgIpc) is 3.05. The normalized spacial score (nSPS) is 12.3. The molecule has 2 N–H and O–H groups in total. The molecule has 0 bridgehead atoms. The Bertz CT molecular complexity index is 548. The van der Waals surface area contributed by atoms with E-state index in [9.17, 15) is 4.79 Å². The molecule has 0 aliphatic heterocycles. The molecule has 2 aromatic heterocycles. The number of rotatable bonds is 5. The smallest absolute Gasteiger partial charge is 0.360 e. The van der Waals surface area contributed by atoms with Crippen molar-refractivity contribution in [2.45, 2.75) is 25.8 Å². The zero-order valence-electron chi connectivity index (χ0n) is 11.0. The zero-order valence-corrected chi connectivity index (χ0v) is 11.8. The number of anilines is 1. The molecular weight excluding hydrogens is 262 g/mol. The number of methoxy groups -OCH3 is 1. The van der Waals surface area contributed by atoms with Gasteiger partial charge in [-0.15, -0.1) is 11.3 Å². The van der Waals surface area contributed by atoms with Gasteiger partial charge in [-0.05, 0) is 17.9 Å². The van der Waals surface area contributed by atoms with Gasteiger partial charge in [0, 0.05) is 4.88 Å². The lowest BCUT2D eigenvalue weighted by Crippen LogP contribution is -2.13. The van der Waals surface area contributed by atoms with Gasteiger partial charge in [0.15, 0.2) is 5.69 Å². The first-order valence-corrected chi connectivity index (χ1v) is 7.01. The van der Waals surface area contributed by atoms with Crippen molar-refractivity contribution >= 4 is 23.1 Å². The molecule has 6 heteroatoms. The largest absolute Gasteiger partial charge is 0.464 e. The summed E-state index contributed by atoms with van der Waals surface area (Å²) in [6.07, 6.45) is 3.58. The number of carbonyl (C=O) groups excluding carboxylic acids is 1. The van der Waals surface area contributed by atoms with Crippen LogP contribution >= 0.6 is 11.3 Å². The molecular formula is C13H17N3O2S. The molecule has 2 rings (SSSR count). The standard InChI is InChI=1S/C13H17N3O2S/c1-3-5-9(10-6-4-7-19-10)16-8-15-11(12(16)14)13(17)18-2/h4,6-9H,3,5,14H2,1-2H3. The van der Waals surface area contributed by atoms with Crippen molar-refractivity contribution in [3.8, 4) is 0 Å². The highest BCUT2D eigenvalue weighted by atomic mass is 32.1. The number of nitrogens with two attached hydrogens (primary N) is 1. The van der Waals surface area contributed by atoms with E-state index in [0.29, 0.717) is 5.82 Å². The Balaban J connectivity index is 2.38. The number of carbonyl (C=O) groups is 1. The molecule has 0 aromatic carbocycles. The minimum Gasteiger partial charge on any atom is -0.464 e. The van der Waals surface area contributed by atoms with Crippen molar-refractivity contribution in [2.24, 2.45) is 0 Å². The molecule has 1 atom stereocenters. The monoisotopic (exact) mass is 279 g/mol. The van der Waals surface area contributed by atoms with E-state index in [-0.39, 0.29) is 11.7 Å². The van der Waals surface area contributed by atoms with Crippen molar-refractivity contribution < 1.29 is 9.53 Å². The van der Waals surface area contributed by atoms with Crippen LogP contribution < -0.4 is 5.73 Å². The summed E-state index contributed by atoms with van der Waals surface area (Å²) >= 11 is 1.68. The Labute approximate surface area is 116 Å². The molecule has 0 radical (unpaired) electrons. The summed E-state index contributed by atoms with van der Waals surface area (Å²) in [5.41, 5.74) is 6.20. The summed E-state index contributed by atoms with van der Waals surface area (Å²) in [5, 5.41) is 2.03. The van der Waals surface area contributed by atoms with Crippen molar-refractivity contribution in [3.63, 3.8) is 0 Å². The van der Waals surface area contributed by atoms with Crippen molar-refractivity contribution in [2.75, 3.05) is 12.8 Å². The van der Waals surface area contributed by atoms with Crippen LogP contribution in [0.25, 0.3) is 0 Å². The van der Waals surface area contributed by atoms with Crippen molar-refractivity contribution in [1.29, 1.82) is 0 Å². The number of hydrogen-bond donors (Lipinski definition) is 1. The highest BCUT2D eigenvalue weighted by Crippen LogP contribution is 2.30. The molecule has 0 fully saturated rings. The minimum absolute atomic E-state index is 0.121. The zero-order chi connectivity index (χ0) is 13.8. The van der Waals surface area contributed by atoms with Crippen LogP contribution in [-0.2, 0) is 4.74 Å². The second-order valence-electron chi connectivity index (χ2n) is 4.20. The maximum atomic E-state index is 11.5. The van der Waals surface area contributed by atoms with Crippen molar-refractivity contribution in [3.05, 3.63) is 34.4 Å². The number of hydrogen-bond acceptors (Lipinski definition) is 5. The Kier molecular flexibility index (Phi) is 4.21. The first kappa shape index (κ1) is 13.6. The number of aromatic nitrogens is 2. The molecule has 0 aliphatic rings. The molecule has 0 saturated heterocycles. The lowest BCUT2D eigenvalue weighted by atomic mass is 10.1. The van der Waals surface area contributed by atoms with Gasteiger partial charge in [0.05, 0.1) is 19.5 Å². The summed E-state index contributed by atoms with van der Waals surface area (Å²) in [7, 11) is 1.32. The fourth-order valence-corrected chi connectivity index (χ4v) is 2.91. The van der Waals surface area contributed by atoms with Gasteiger partial charge in [-0.1, -0.05) is 19.4 Å². The maximum absolute atomic E-state index is 11.5. The predicted octanol–water partition coefficient (Wildman–Crippen LogP) is 2.70. The summed E-state index contributed by atoms with van der Waals surface area (Å²) in [6, 6.07) is 4.20. The second kappa shape index (κ2) is 5.88. The third kappa shape index (κ3) is 2.63. The molecule has 2 aromatic rings. The SMILES string of the molecule is CCCC(c1cccs1)n1cnc(C(=O)OC)c1N. The Morgan fingerprint density at radius 3 is 3.00 bits per heavy atom. The number of imidazole rings is 1. The predicted molar refractivity (Wildman–Crippen MR) is 75.3 cm³/mol. The van der Waals surface area contributed by atoms with E-state index < -0.39 is 5.97 Å². The van der Waals surface area contributed by atoms with Crippen LogP contribution in [0.3, 0.4) is 0 Å². The molecule has 0 spiro atoms. The van der Waals surface area contributed by atoms with Crippen LogP contribution in [0.1, 0.15) is 41.2 Å². The van der Waals surface area contributed by atoms with Gasteiger partial charge in [-0.3, -0.25) is 0 Å². The molecule has 0 amide bonds. The fraction of sp³-hybridized carbons (Fsp3) is 0.385. The lowest BCUT2D eigenvalue weighted by Gasteiger charge is -2.17. The van der Waals surface area contributed by atoms with E-state index in [0.717, 1.165) is 12.8 Å². The van der Waals surface area contributed by atoms with E-state index >= 15 is 0 Å². The molecule has 102 valence electrons. The number of esters is 1. The lowest BCUT2D eigenvalue weighted by molar-refractivity contribution is 0.0596. The maximum Gasteiger partial charge on any atom is 0.360 e. The number of ether oxygens (including phenoxy) is 1. The van der Waals surface area contributed by atoms with Crippen LogP contribution in [-0.4, -0.2) is 22.6 Å². The minimum atomic E-state index is -0.502. The van der Waals surface area contributed by atoms with E-state index in [4.69, 9.17) is 5.73 Å². The number of thiophene rings is 1. The molecule has 19 heavy (non-hydrogen) atoms. The Morgan fingerprint density at radius 2 is 2.42 bits per heavy atom. The van der Waals surface area contributed by atoms with E-state index in [2.05, 4.69) is 22.7 Å². The van der Waals surface area contributed by atoms with Crippen LogP contribution in [0.15, 0.2) is 23.8 Å². The molecule has 2 heterocycles. The third-order valence-corrected chi connectivity index (χ3v) is 3.95. The van der Waals surface area contributed by atoms with E-state index in [1.165, 1.54) is 12.0 Å². The van der Waals surface area contributed by atoms with E-state index in [1.807, 2.05) is 16.0 Å². The fourth-order valence-electron chi connectivity index (χ4n) is 2.05. The van der Waals surface area contributed by atoms with E-state index in [1.54, 1.807) is 17.7 Å². The van der Waals surface area contributed by atoms with Gasteiger partial charge >= 0.3 is 5.97 Å². The van der Waals surface area contributed by atoms with Crippen LogP contribution in [0, 0.1) is 0 Å². The topological polar surface area (TPSA) is 70.1 Å². The first-order valence-electron chi connectivity index (χ1n) is 6.13. The highest BCUT2D eigenvalue weighted by Gasteiger charge is 2.22. The van der Waals surface area contributed by atoms with Crippen LogP contribution in [0.4, 0.5) is 5.82 Å². The summed E-state index contributed by atoms with van der Waals surface area (Å²) in [5.74, 6) is -0.142.